The highest BCUT2D eigenvalue weighted by Gasteiger charge is 2.23. The van der Waals surface area contributed by atoms with Gasteiger partial charge in [0.1, 0.15) is 0 Å². The minimum Gasteiger partial charge on any atom is -0.338 e. The fourth-order valence-electron chi connectivity index (χ4n) is 1.99. The number of nitrogens with zero attached hydrogens (tertiary/aromatic N) is 1. The fourth-order valence-corrected chi connectivity index (χ4v) is 1.99. The van der Waals surface area contributed by atoms with Crippen molar-refractivity contribution in [1.29, 1.82) is 0 Å². The smallest absolute Gasteiger partial charge is 0.321 e. The van der Waals surface area contributed by atoms with Crippen LogP contribution in [0.5, 0.6) is 0 Å². The lowest BCUT2D eigenvalue weighted by molar-refractivity contribution is 0.247. The second-order valence-electron chi connectivity index (χ2n) is 3.87. The van der Waals surface area contributed by atoms with E-state index >= 15 is 0 Å². The molecule has 0 bridgehead atoms. The molecule has 0 spiro atoms. The summed E-state index contributed by atoms with van der Waals surface area (Å²) < 4.78 is 0. The van der Waals surface area contributed by atoms with Gasteiger partial charge in [0.05, 0.1) is 0 Å². The predicted molar refractivity (Wildman–Crippen MR) is 61.3 cm³/mol. The molecule has 0 fully saturated rings. The molecule has 0 unspecified atom stereocenters. The molecule has 0 saturated heterocycles. The molecule has 1 aliphatic heterocycles. The van der Waals surface area contributed by atoms with E-state index in [0.29, 0.717) is 6.54 Å². The molecule has 1 aromatic carbocycles. The number of amides is 2. The lowest BCUT2D eigenvalue weighted by atomic mass is 10.1. The number of hydrogen-bond donors (Lipinski definition) is 1. The van der Waals surface area contributed by atoms with Crippen molar-refractivity contribution in [2.75, 3.05) is 18.0 Å². The average molecular weight is 204 g/mol. The van der Waals surface area contributed by atoms with Crippen LogP contribution in [0.4, 0.5) is 10.5 Å². The molecule has 0 radical (unpaired) electrons. The summed E-state index contributed by atoms with van der Waals surface area (Å²) in [5, 5.41) is 2.83. The molecule has 2 amide bonds. The van der Waals surface area contributed by atoms with Crippen LogP contribution in [-0.4, -0.2) is 19.1 Å². The molecule has 1 aromatic rings. The van der Waals surface area contributed by atoms with Crippen LogP contribution >= 0.6 is 0 Å². The van der Waals surface area contributed by atoms with Crippen molar-refractivity contribution in [2.45, 2.75) is 20.3 Å². The monoisotopic (exact) mass is 204 g/mol. The lowest BCUT2D eigenvalue weighted by Gasteiger charge is -2.17. The van der Waals surface area contributed by atoms with E-state index in [0.717, 1.165) is 18.7 Å². The second kappa shape index (κ2) is 3.93. The zero-order chi connectivity index (χ0) is 10.8. The van der Waals surface area contributed by atoms with E-state index in [1.54, 1.807) is 0 Å². The van der Waals surface area contributed by atoms with Gasteiger partial charge in [0.25, 0.3) is 0 Å². The number of urea groups is 1. The SMILES string of the molecule is CCNC(=O)N1CCc2cc(C)ccc21. The molecule has 80 valence electrons. The Bertz CT molecular complexity index is 387. The van der Waals surface area contributed by atoms with Gasteiger partial charge in [0, 0.05) is 18.8 Å². The molecule has 2 rings (SSSR count). The Morgan fingerprint density at radius 3 is 3.07 bits per heavy atom. The summed E-state index contributed by atoms with van der Waals surface area (Å²) in [4.78, 5) is 13.5. The third kappa shape index (κ3) is 1.82. The summed E-state index contributed by atoms with van der Waals surface area (Å²) in [6.07, 6.45) is 0.966. The standard InChI is InChI=1S/C12H16N2O/c1-3-13-12(15)14-7-6-10-8-9(2)4-5-11(10)14/h4-5,8H,3,6-7H2,1-2H3,(H,13,15). The van der Waals surface area contributed by atoms with Crippen molar-refractivity contribution >= 4 is 11.7 Å². The summed E-state index contributed by atoms with van der Waals surface area (Å²) >= 11 is 0. The summed E-state index contributed by atoms with van der Waals surface area (Å²) in [6, 6.07) is 6.26. The van der Waals surface area contributed by atoms with E-state index < -0.39 is 0 Å². The van der Waals surface area contributed by atoms with Crippen LogP contribution in [0.3, 0.4) is 0 Å². The zero-order valence-corrected chi connectivity index (χ0v) is 9.21. The molecule has 3 heteroatoms. The molecule has 1 N–H and O–H groups in total. The number of fused-ring (bicyclic) bond motifs is 1. The van der Waals surface area contributed by atoms with Gasteiger partial charge in [-0.1, -0.05) is 17.7 Å². The average Bonchev–Trinajstić information content (AvgIpc) is 2.60. The fraction of sp³-hybridized carbons (Fsp3) is 0.417. The maximum Gasteiger partial charge on any atom is 0.321 e. The predicted octanol–water partition coefficient (Wildman–Crippen LogP) is 2.09. The summed E-state index contributed by atoms with van der Waals surface area (Å²) in [5.41, 5.74) is 3.60. The van der Waals surface area contributed by atoms with Crippen LogP contribution in [0, 0.1) is 6.92 Å². The molecule has 15 heavy (non-hydrogen) atoms. The van der Waals surface area contributed by atoms with E-state index in [4.69, 9.17) is 0 Å². The zero-order valence-electron chi connectivity index (χ0n) is 9.21. The number of hydrogen-bond acceptors (Lipinski definition) is 1. The van der Waals surface area contributed by atoms with Gasteiger partial charge in [-0.2, -0.15) is 0 Å². The second-order valence-corrected chi connectivity index (χ2v) is 3.87. The summed E-state index contributed by atoms with van der Waals surface area (Å²) in [6.45, 7) is 5.49. The Balaban J connectivity index is 2.25. The maximum atomic E-state index is 11.7. The lowest BCUT2D eigenvalue weighted by Crippen LogP contribution is -2.38. The van der Waals surface area contributed by atoms with Crippen LogP contribution in [0.25, 0.3) is 0 Å². The number of rotatable bonds is 1. The normalized spacial score (nSPS) is 13.9. The number of aryl methyl sites for hydroxylation is 1. The summed E-state index contributed by atoms with van der Waals surface area (Å²) in [5.74, 6) is 0. The van der Waals surface area contributed by atoms with Gasteiger partial charge in [0.2, 0.25) is 0 Å². The van der Waals surface area contributed by atoms with Crippen LogP contribution in [0.1, 0.15) is 18.1 Å². The van der Waals surface area contributed by atoms with Gasteiger partial charge >= 0.3 is 6.03 Å². The highest BCUT2D eigenvalue weighted by Crippen LogP contribution is 2.28. The van der Waals surface area contributed by atoms with Crippen molar-refractivity contribution < 1.29 is 4.79 Å². The Morgan fingerprint density at radius 2 is 2.33 bits per heavy atom. The number of carbonyl (C=O) groups excluding carboxylic acids is 1. The first kappa shape index (κ1) is 10.0. The molecule has 0 saturated carbocycles. The molecular formula is C12H16N2O. The van der Waals surface area contributed by atoms with Gasteiger partial charge in [-0.15, -0.1) is 0 Å². The van der Waals surface area contributed by atoms with Crippen LogP contribution in [0.2, 0.25) is 0 Å². The van der Waals surface area contributed by atoms with Crippen molar-refractivity contribution in [3.63, 3.8) is 0 Å². The number of benzene rings is 1. The molecule has 1 heterocycles. The van der Waals surface area contributed by atoms with E-state index in [9.17, 15) is 4.79 Å². The van der Waals surface area contributed by atoms with Gasteiger partial charge in [-0.05, 0) is 31.9 Å². The Labute approximate surface area is 90.1 Å². The Kier molecular flexibility index (Phi) is 2.62. The first-order valence-corrected chi connectivity index (χ1v) is 5.37. The maximum absolute atomic E-state index is 11.7. The van der Waals surface area contributed by atoms with Crippen molar-refractivity contribution in [3.8, 4) is 0 Å². The van der Waals surface area contributed by atoms with Crippen molar-refractivity contribution in [1.82, 2.24) is 5.32 Å². The minimum absolute atomic E-state index is 0.0140. The van der Waals surface area contributed by atoms with E-state index in [1.807, 2.05) is 17.9 Å². The Hall–Kier alpha value is -1.51. The first-order valence-electron chi connectivity index (χ1n) is 5.37. The van der Waals surface area contributed by atoms with Crippen molar-refractivity contribution in [2.24, 2.45) is 0 Å². The van der Waals surface area contributed by atoms with E-state index in [1.165, 1.54) is 11.1 Å². The molecule has 1 aliphatic rings. The van der Waals surface area contributed by atoms with Crippen LogP contribution in [-0.2, 0) is 6.42 Å². The number of carbonyl (C=O) groups is 1. The van der Waals surface area contributed by atoms with E-state index in [-0.39, 0.29) is 6.03 Å². The van der Waals surface area contributed by atoms with Gasteiger partial charge in [-0.25, -0.2) is 4.79 Å². The molecule has 3 nitrogen and oxygen atoms in total. The van der Waals surface area contributed by atoms with Gasteiger partial charge < -0.3 is 5.32 Å². The van der Waals surface area contributed by atoms with Crippen LogP contribution < -0.4 is 10.2 Å². The highest BCUT2D eigenvalue weighted by molar-refractivity contribution is 5.94. The number of nitrogens with one attached hydrogen (secondary N) is 1. The molecular weight excluding hydrogens is 188 g/mol. The topological polar surface area (TPSA) is 32.3 Å². The quantitative estimate of drug-likeness (QED) is 0.746. The number of anilines is 1. The Morgan fingerprint density at radius 1 is 1.53 bits per heavy atom. The minimum atomic E-state index is 0.0140. The highest BCUT2D eigenvalue weighted by atomic mass is 16.2. The largest absolute Gasteiger partial charge is 0.338 e. The van der Waals surface area contributed by atoms with E-state index in [2.05, 4.69) is 24.4 Å². The summed E-state index contributed by atoms with van der Waals surface area (Å²) in [7, 11) is 0. The first-order chi connectivity index (χ1) is 7.22. The molecule has 0 aliphatic carbocycles. The van der Waals surface area contributed by atoms with Gasteiger partial charge in [-0.3, -0.25) is 4.90 Å². The van der Waals surface area contributed by atoms with Crippen molar-refractivity contribution in [3.05, 3.63) is 29.3 Å². The third-order valence-corrected chi connectivity index (χ3v) is 2.70. The van der Waals surface area contributed by atoms with Gasteiger partial charge in [0.15, 0.2) is 0 Å². The molecule has 0 aromatic heterocycles. The third-order valence-electron chi connectivity index (χ3n) is 2.70. The molecule has 0 atom stereocenters. The van der Waals surface area contributed by atoms with Crippen LogP contribution in [0.15, 0.2) is 18.2 Å².